The predicted octanol–water partition coefficient (Wildman–Crippen LogP) is 3.53. The van der Waals surface area contributed by atoms with Crippen molar-refractivity contribution in [2.24, 2.45) is 5.92 Å². The van der Waals surface area contributed by atoms with E-state index in [0.29, 0.717) is 37.4 Å². The summed E-state index contributed by atoms with van der Waals surface area (Å²) in [7, 11) is -3.51. The van der Waals surface area contributed by atoms with E-state index in [1.165, 1.54) is 29.5 Å². The molecule has 6 nitrogen and oxygen atoms in total. The lowest BCUT2D eigenvalue weighted by Gasteiger charge is -2.32. The number of fused-ring (bicyclic) bond motifs is 1. The molecule has 0 bridgehead atoms. The van der Waals surface area contributed by atoms with E-state index in [4.69, 9.17) is 0 Å². The molecule has 1 amide bonds. The topological polar surface area (TPSA) is 69.7 Å². The van der Waals surface area contributed by atoms with Crippen LogP contribution in [0.1, 0.15) is 54.8 Å². The Hall–Kier alpha value is -2.22. The van der Waals surface area contributed by atoms with Gasteiger partial charge in [0.1, 0.15) is 0 Å². The SMILES string of the molecule is O=C(NCC(c1ccccc1)N1CCCC1)C1CCN(S(=O)(=O)c2ccc3c(c2)CCC3)CC1. The molecule has 2 aliphatic heterocycles. The maximum absolute atomic E-state index is 13.2. The molecule has 2 fully saturated rings. The number of hydrogen-bond acceptors (Lipinski definition) is 4. The van der Waals surface area contributed by atoms with Gasteiger partial charge in [-0.3, -0.25) is 9.69 Å². The molecule has 0 saturated carbocycles. The van der Waals surface area contributed by atoms with E-state index in [0.717, 1.165) is 32.4 Å². The van der Waals surface area contributed by atoms with Gasteiger partial charge in [-0.1, -0.05) is 36.4 Å². The van der Waals surface area contributed by atoms with Gasteiger partial charge in [0.2, 0.25) is 15.9 Å². The molecule has 1 aliphatic carbocycles. The molecule has 1 atom stereocenters. The Balaban J connectivity index is 1.18. The average molecular weight is 482 g/mol. The Bertz CT molecular complexity index is 1110. The van der Waals surface area contributed by atoms with Crippen LogP contribution in [0.5, 0.6) is 0 Å². The van der Waals surface area contributed by atoms with E-state index in [1.807, 2.05) is 18.2 Å². The molecule has 0 radical (unpaired) electrons. The summed E-state index contributed by atoms with van der Waals surface area (Å²) in [6.07, 6.45) is 6.64. The molecule has 7 heteroatoms. The summed E-state index contributed by atoms with van der Waals surface area (Å²) >= 11 is 0. The Morgan fingerprint density at radius 2 is 1.62 bits per heavy atom. The van der Waals surface area contributed by atoms with Crippen LogP contribution in [0.15, 0.2) is 53.4 Å². The van der Waals surface area contributed by atoms with E-state index in [-0.39, 0.29) is 17.9 Å². The number of amides is 1. The van der Waals surface area contributed by atoms with Crippen LogP contribution in [0, 0.1) is 5.92 Å². The molecule has 3 aliphatic rings. The number of hydrogen-bond donors (Lipinski definition) is 1. The monoisotopic (exact) mass is 481 g/mol. The summed E-state index contributed by atoms with van der Waals surface area (Å²) in [4.78, 5) is 15.9. The highest BCUT2D eigenvalue weighted by molar-refractivity contribution is 7.89. The van der Waals surface area contributed by atoms with E-state index in [9.17, 15) is 13.2 Å². The first-order valence-corrected chi connectivity index (χ1v) is 14.1. The van der Waals surface area contributed by atoms with Crippen molar-refractivity contribution in [1.82, 2.24) is 14.5 Å². The average Bonchev–Trinajstić information content (AvgIpc) is 3.57. The van der Waals surface area contributed by atoms with E-state index >= 15 is 0 Å². The zero-order chi connectivity index (χ0) is 23.5. The van der Waals surface area contributed by atoms with E-state index in [2.05, 4.69) is 34.5 Å². The van der Waals surface area contributed by atoms with Crippen molar-refractivity contribution in [1.29, 1.82) is 0 Å². The van der Waals surface area contributed by atoms with Gasteiger partial charge >= 0.3 is 0 Å². The first-order valence-electron chi connectivity index (χ1n) is 12.7. The third-order valence-electron chi connectivity index (χ3n) is 7.77. The molecular weight excluding hydrogens is 446 g/mol. The van der Waals surface area contributed by atoms with Crippen molar-refractivity contribution < 1.29 is 13.2 Å². The third kappa shape index (κ3) is 4.92. The fourth-order valence-corrected chi connectivity index (χ4v) is 7.26. The molecule has 2 aromatic carbocycles. The van der Waals surface area contributed by atoms with Crippen molar-refractivity contribution in [2.45, 2.75) is 55.9 Å². The normalized spacial score (nSPS) is 20.8. The molecule has 0 aromatic heterocycles. The maximum atomic E-state index is 13.2. The summed E-state index contributed by atoms with van der Waals surface area (Å²) in [5.74, 6) is -0.0869. The minimum absolute atomic E-state index is 0.0507. The number of nitrogens with one attached hydrogen (secondary N) is 1. The second-order valence-corrected chi connectivity index (χ2v) is 11.8. The quantitative estimate of drug-likeness (QED) is 0.657. The van der Waals surface area contributed by atoms with Crippen LogP contribution < -0.4 is 5.32 Å². The zero-order valence-corrected chi connectivity index (χ0v) is 20.6. The van der Waals surface area contributed by atoms with Crippen LogP contribution >= 0.6 is 0 Å². The van der Waals surface area contributed by atoms with Crippen molar-refractivity contribution in [3.63, 3.8) is 0 Å². The number of nitrogens with zero attached hydrogens (tertiary/aromatic N) is 2. The molecule has 0 spiro atoms. The number of carbonyl (C=O) groups excluding carboxylic acids is 1. The smallest absolute Gasteiger partial charge is 0.243 e. The van der Waals surface area contributed by atoms with Gasteiger partial charge in [-0.25, -0.2) is 8.42 Å². The van der Waals surface area contributed by atoms with Crippen LogP contribution in [0.4, 0.5) is 0 Å². The van der Waals surface area contributed by atoms with E-state index in [1.54, 1.807) is 10.4 Å². The zero-order valence-electron chi connectivity index (χ0n) is 19.8. The fraction of sp³-hybridized carbons (Fsp3) is 0.519. The summed E-state index contributed by atoms with van der Waals surface area (Å²) in [5.41, 5.74) is 3.68. The lowest BCUT2D eigenvalue weighted by atomic mass is 9.97. The molecule has 182 valence electrons. The Kier molecular flexibility index (Phi) is 7.04. The Morgan fingerprint density at radius 3 is 2.35 bits per heavy atom. The standard InChI is InChI=1S/C27H35N3O3S/c31-27(28-20-26(29-15-4-5-16-29)22-7-2-1-3-8-22)23-13-17-30(18-14-23)34(32,33)25-12-11-21-9-6-10-24(21)19-25/h1-3,7-8,11-12,19,23,26H,4-6,9-10,13-18,20H2,(H,28,31). The van der Waals surface area contributed by atoms with Crippen LogP contribution in [-0.4, -0.2) is 56.3 Å². The third-order valence-corrected chi connectivity index (χ3v) is 9.66. The van der Waals surface area contributed by atoms with Crippen LogP contribution in [0.2, 0.25) is 0 Å². The van der Waals surface area contributed by atoms with Gasteiger partial charge in [0.25, 0.3) is 0 Å². The second-order valence-electron chi connectivity index (χ2n) is 9.88. The number of piperidine rings is 1. The summed E-state index contributed by atoms with van der Waals surface area (Å²) in [6.45, 7) is 3.51. The van der Waals surface area contributed by atoms with Gasteiger partial charge in [-0.15, -0.1) is 0 Å². The molecule has 2 saturated heterocycles. The maximum Gasteiger partial charge on any atom is 0.243 e. The largest absolute Gasteiger partial charge is 0.354 e. The minimum Gasteiger partial charge on any atom is -0.354 e. The van der Waals surface area contributed by atoms with Crippen molar-refractivity contribution in [3.8, 4) is 0 Å². The molecule has 1 unspecified atom stereocenters. The molecular formula is C27H35N3O3S. The number of aryl methyl sites for hydroxylation is 2. The molecule has 1 N–H and O–H groups in total. The summed E-state index contributed by atoms with van der Waals surface area (Å²) < 4.78 is 28.0. The molecule has 5 rings (SSSR count). The Labute approximate surface area is 203 Å². The van der Waals surface area contributed by atoms with Crippen molar-refractivity contribution in [3.05, 3.63) is 65.2 Å². The van der Waals surface area contributed by atoms with Crippen molar-refractivity contribution in [2.75, 3.05) is 32.7 Å². The number of benzene rings is 2. The van der Waals surface area contributed by atoms with E-state index < -0.39 is 10.0 Å². The van der Waals surface area contributed by atoms with Gasteiger partial charge in [-0.2, -0.15) is 4.31 Å². The predicted molar refractivity (Wildman–Crippen MR) is 133 cm³/mol. The second kappa shape index (κ2) is 10.2. The number of sulfonamides is 1. The van der Waals surface area contributed by atoms with Gasteiger partial charge in [0, 0.05) is 25.6 Å². The first-order chi connectivity index (χ1) is 16.5. The highest BCUT2D eigenvalue weighted by Gasteiger charge is 2.33. The highest BCUT2D eigenvalue weighted by atomic mass is 32.2. The van der Waals surface area contributed by atoms with Gasteiger partial charge in [0.05, 0.1) is 10.9 Å². The number of carbonyl (C=O) groups is 1. The number of rotatable bonds is 7. The molecule has 2 heterocycles. The lowest BCUT2D eigenvalue weighted by Crippen LogP contribution is -2.44. The molecule has 2 aromatic rings. The van der Waals surface area contributed by atoms with Gasteiger partial charge < -0.3 is 5.32 Å². The van der Waals surface area contributed by atoms with Gasteiger partial charge in [-0.05, 0) is 86.9 Å². The van der Waals surface area contributed by atoms with Crippen LogP contribution in [0.25, 0.3) is 0 Å². The fourth-order valence-electron chi connectivity index (χ4n) is 5.74. The first kappa shape index (κ1) is 23.5. The highest BCUT2D eigenvalue weighted by Crippen LogP contribution is 2.29. The molecule has 34 heavy (non-hydrogen) atoms. The summed E-state index contributed by atoms with van der Waals surface area (Å²) in [5, 5.41) is 3.19. The van der Waals surface area contributed by atoms with Crippen molar-refractivity contribution >= 4 is 15.9 Å². The minimum atomic E-state index is -3.51. The summed E-state index contributed by atoms with van der Waals surface area (Å²) in [6, 6.07) is 16.2. The lowest BCUT2D eigenvalue weighted by molar-refractivity contribution is -0.126. The van der Waals surface area contributed by atoms with Crippen LogP contribution in [-0.2, 0) is 27.7 Å². The Morgan fingerprint density at radius 1 is 0.912 bits per heavy atom. The number of likely N-dealkylation sites (tertiary alicyclic amines) is 1. The van der Waals surface area contributed by atoms with Crippen LogP contribution in [0.3, 0.4) is 0 Å². The van der Waals surface area contributed by atoms with Gasteiger partial charge in [0.15, 0.2) is 0 Å².